The average Bonchev–Trinajstić information content (AvgIpc) is 2.13. The highest BCUT2D eigenvalue weighted by atomic mass is 19.4. The molecule has 10 heteroatoms. The Kier molecular flexibility index (Phi) is 3.67. The normalized spacial score (nSPS) is 11.7. The van der Waals surface area contributed by atoms with Crippen molar-refractivity contribution in [1.29, 1.82) is 0 Å². The van der Waals surface area contributed by atoms with Gasteiger partial charge in [0.05, 0.1) is 5.56 Å². The molecule has 0 unspecified atom stereocenters. The first-order valence-electron chi connectivity index (χ1n) is 4.31. The second-order valence-electron chi connectivity index (χ2n) is 3.11. The molecule has 0 atom stereocenters. The van der Waals surface area contributed by atoms with E-state index >= 15 is 0 Å². The van der Waals surface area contributed by atoms with E-state index in [4.69, 9.17) is 0 Å². The first kappa shape index (κ1) is 14.1. The summed E-state index contributed by atoms with van der Waals surface area (Å²) >= 11 is 0. The number of hydrogen-bond donors (Lipinski definition) is 0. The van der Waals surface area contributed by atoms with E-state index in [0.717, 1.165) is 6.92 Å². The number of rotatable bonds is 3. The van der Waals surface area contributed by atoms with E-state index in [-0.39, 0.29) is 5.56 Å². The number of nitro groups is 1. The van der Waals surface area contributed by atoms with Crippen LogP contribution < -0.4 is 4.74 Å². The van der Waals surface area contributed by atoms with Gasteiger partial charge in [-0.05, 0) is 16.8 Å². The Hall–Kier alpha value is -2.00. The Morgan fingerprint density at radius 1 is 1.44 bits per heavy atom. The maximum atomic E-state index is 12.6. The lowest BCUT2D eigenvalue weighted by Crippen LogP contribution is -2.20. The van der Waals surface area contributed by atoms with Gasteiger partial charge in [-0.15, -0.1) is 13.2 Å². The van der Waals surface area contributed by atoms with Crippen LogP contribution in [-0.2, 0) is 0 Å². The van der Waals surface area contributed by atoms with Crippen molar-refractivity contribution in [3.8, 4) is 5.75 Å². The summed E-state index contributed by atoms with van der Waals surface area (Å²) in [5.74, 6) is -2.99. The summed E-state index contributed by atoms with van der Waals surface area (Å²) in [4.78, 5) is 12.2. The van der Waals surface area contributed by atoms with Crippen LogP contribution in [0.15, 0.2) is 6.20 Å². The molecule has 0 N–H and O–H groups in total. The standard InChI is InChI=1S/C8H5F5N2O3/c1-3-2-14-7(15(16)17)5(4(3)6(9)10)18-8(11,12)13/h2,6H,1H3. The van der Waals surface area contributed by atoms with Crippen molar-refractivity contribution in [2.45, 2.75) is 19.7 Å². The molecule has 0 amide bonds. The van der Waals surface area contributed by atoms with Crippen LogP contribution in [0.1, 0.15) is 17.6 Å². The number of ether oxygens (including phenoxy) is 1. The van der Waals surface area contributed by atoms with Gasteiger partial charge in [0.15, 0.2) is 0 Å². The summed E-state index contributed by atoms with van der Waals surface area (Å²) in [5.41, 5.74) is -1.54. The molecule has 0 saturated carbocycles. The third-order valence-corrected chi connectivity index (χ3v) is 1.86. The smallest absolute Gasteiger partial charge is 0.396 e. The average molecular weight is 272 g/mol. The van der Waals surface area contributed by atoms with Crippen molar-refractivity contribution in [1.82, 2.24) is 4.98 Å². The van der Waals surface area contributed by atoms with E-state index in [1.807, 2.05) is 0 Å². The van der Waals surface area contributed by atoms with Crippen molar-refractivity contribution in [2.75, 3.05) is 0 Å². The van der Waals surface area contributed by atoms with Crippen LogP contribution in [0.3, 0.4) is 0 Å². The molecular weight excluding hydrogens is 267 g/mol. The number of aromatic nitrogens is 1. The Bertz CT molecular complexity index is 475. The summed E-state index contributed by atoms with van der Waals surface area (Å²) in [6, 6.07) is 0. The summed E-state index contributed by atoms with van der Waals surface area (Å²) in [5, 5.41) is 10.4. The van der Waals surface area contributed by atoms with Crippen molar-refractivity contribution in [2.24, 2.45) is 0 Å². The van der Waals surface area contributed by atoms with Crippen LogP contribution in [0.2, 0.25) is 0 Å². The second kappa shape index (κ2) is 4.70. The van der Waals surface area contributed by atoms with Gasteiger partial charge >= 0.3 is 12.2 Å². The number of alkyl halides is 5. The molecule has 0 aliphatic heterocycles. The zero-order valence-corrected chi connectivity index (χ0v) is 8.66. The van der Waals surface area contributed by atoms with Gasteiger partial charge in [-0.2, -0.15) is 0 Å². The SMILES string of the molecule is Cc1cnc([N+](=O)[O-])c(OC(F)(F)F)c1C(F)F. The topological polar surface area (TPSA) is 65.3 Å². The van der Waals surface area contributed by atoms with Gasteiger partial charge in [-0.3, -0.25) is 0 Å². The van der Waals surface area contributed by atoms with Gasteiger partial charge in [0.2, 0.25) is 5.75 Å². The van der Waals surface area contributed by atoms with Crippen molar-refractivity contribution in [3.63, 3.8) is 0 Å². The molecular formula is C8H5F5N2O3. The van der Waals surface area contributed by atoms with Gasteiger partial charge < -0.3 is 14.9 Å². The summed E-state index contributed by atoms with van der Waals surface area (Å²) in [6.45, 7) is 1.04. The largest absolute Gasteiger partial charge is 0.573 e. The van der Waals surface area contributed by atoms with Crippen LogP contribution in [0.4, 0.5) is 27.8 Å². The lowest BCUT2D eigenvalue weighted by Gasteiger charge is -2.13. The zero-order valence-electron chi connectivity index (χ0n) is 8.66. The van der Waals surface area contributed by atoms with Crippen LogP contribution in [0.25, 0.3) is 0 Å². The quantitative estimate of drug-likeness (QED) is 0.481. The third-order valence-electron chi connectivity index (χ3n) is 1.86. The molecule has 5 nitrogen and oxygen atoms in total. The molecule has 0 saturated heterocycles. The van der Waals surface area contributed by atoms with Gasteiger partial charge in [0.25, 0.3) is 6.43 Å². The lowest BCUT2D eigenvalue weighted by atomic mass is 10.1. The van der Waals surface area contributed by atoms with E-state index in [1.54, 1.807) is 0 Å². The highest BCUT2D eigenvalue weighted by Crippen LogP contribution is 2.40. The zero-order chi connectivity index (χ0) is 14.1. The fourth-order valence-electron chi connectivity index (χ4n) is 1.20. The number of halogens is 5. The molecule has 0 aromatic carbocycles. The lowest BCUT2D eigenvalue weighted by molar-refractivity contribution is -0.393. The Morgan fingerprint density at radius 2 is 2.00 bits per heavy atom. The molecule has 18 heavy (non-hydrogen) atoms. The molecule has 0 radical (unpaired) electrons. The summed E-state index contributed by atoms with van der Waals surface area (Å²) in [7, 11) is 0. The maximum absolute atomic E-state index is 12.6. The van der Waals surface area contributed by atoms with E-state index < -0.39 is 34.8 Å². The van der Waals surface area contributed by atoms with Crippen molar-refractivity contribution >= 4 is 5.82 Å². The highest BCUT2D eigenvalue weighted by Gasteiger charge is 2.39. The molecule has 0 fully saturated rings. The first-order valence-corrected chi connectivity index (χ1v) is 4.31. The van der Waals surface area contributed by atoms with Gasteiger partial charge in [-0.1, -0.05) is 0 Å². The number of pyridine rings is 1. The van der Waals surface area contributed by atoms with Gasteiger partial charge in [0, 0.05) is 5.56 Å². The van der Waals surface area contributed by atoms with Crippen molar-refractivity contribution < 1.29 is 31.6 Å². The highest BCUT2D eigenvalue weighted by molar-refractivity contribution is 5.50. The molecule has 1 aromatic heterocycles. The number of aryl methyl sites for hydroxylation is 1. The maximum Gasteiger partial charge on any atom is 0.573 e. The van der Waals surface area contributed by atoms with Gasteiger partial charge in [0.1, 0.15) is 6.20 Å². The fourth-order valence-corrected chi connectivity index (χ4v) is 1.20. The third kappa shape index (κ3) is 3.02. The molecule has 0 aliphatic carbocycles. The Balaban J connectivity index is 3.48. The van der Waals surface area contributed by atoms with E-state index in [9.17, 15) is 32.1 Å². The van der Waals surface area contributed by atoms with E-state index in [2.05, 4.69) is 9.72 Å². The fraction of sp³-hybridized carbons (Fsp3) is 0.375. The molecule has 100 valence electrons. The van der Waals surface area contributed by atoms with Crippen LogP contribution in [0, 0.1) is 17.0 Å². The first-order chi connectivity index (χ1) is 8.13. The van der Waals surface area contributed by atoms with Crippen LogP contribution in [-0.4, -0.2) is 16.3 Å². The van der Waals surface area contributed by atoms with Crippen LogP contribution in [0.5, 0.6) is 5.75 Å². The molecule has 1 aromatic rings. The summed E-state index contributed by atoms with van der Waals surface area (Å²) in [6.07, 6.45) is -8.00. The predicted molar refractivity (Wildman–Crippen MR) is 47.3 cm³/mol. The Labute approximate surface area is 96.3 Å². The van der Waals surface area contributed by atoms with E-state index in [1.165, 1.54) is 0 Å². The number of nitrogens with zero attached hydrogens (tertiary/aromatic N) is 2. The van der Waals surface area contributed by atoms with Crippen LogP contribution >= 0.6 is 0 Å². The minimum absolute atomic E-state index is 0.338. The number of hydrogen-bond acceptors (Lipinski definition) is 4. The molecule has 1 rings (SSSR count). The molecule has 0 bridgehead atoms. The second-order valence-corrected chi connectivity index (χ2v) is 3.11. The van der Waals surface area contributed by atoms with E-state index in [0.29, 0.717) is 6.20 Å². The van der Waals surface area contributed by atoms with Gasteiger partial charge in [-0.25, -0.2) is 8.78 Å². The predicted octanol–water partition coefficient (Wildman–Crippen LogP) is 3.13. The molecule has 0 aliphatic rings. The monoisotopic (exact) mass is 272 g/mol. The molecule has 0 spiro atoms. The minimum atomic E-state index is -5.33. The minimum Gasteiger partial charge on any atom is -0.396 e. The Morgan fingerprint density at radius 3 is 2.39 bits per heavy atom. The van der Waals surface area contributed by atoms with Crippen molar-refractivity contribution in [3.05, 3.63) is 27.4 Å². The molecule has 1 heterocycles. The summed E-state index contributed by atoms with van der Waals surface area (Å²) < 4.78 is 64.6.